The number of nitrogens with zero attached hydrogens (tertiary/aromatic N) is 1. The molecule has 0 aliphatic heterocycles. The Balaban J connectivity index is 1.96. The lowest BCUT2D eigenvalue weighted by Crippen LogP contribution is -2.46. The highest BCUT2D eigenvalue weighted by Crippen LogP contribution is 2.15. The molecule has 0 saturated heterocycles. The van der Waals surface area contributed by atoms with Crippen LogP contribution in [0.25, 0.3) is 0 Å². The summed E-state index contributed by atoms with van der Waals surface area (Å²) in [6.07, 6.45) is 0. The van der Waals surface area contributed by atoms with Crippen LogP contribution in [-0.4, -0.2) is 43.9 Å². The maximum Gasteiger partial charge on any atom is 0.269 e. The molecule has 0 heterocycles. The Hall–Kier alpha value is -3.04. The van der Waals surface area contributed by atoms with Crippen molar-refractivity contribution in [2.75, 3.05) is 13.6 Å². The van der Waals surface area contributed by atoms with Gasteiger partial charge in [0.15, 0.2) is 5.78 Å². The van der Waals surface area contributed by atoms with Crippen LogP contribution in [0.2, 0.25) is 0 Å². The maximum absolute atomic E-state index is 12.5. The summed E-state index contributed by atoms with van der Waals surface area (Å²) < 4.78 is 25.8. The predicted octanol–water partition coefficient (Wildman–Crippen LogP) is 0.971. The molecule has 0 radical (unpaired) electrons. The van der Waals surface area contributed by atoms with Gasteiger partial charge in [-0.25, -0.2) is 8.42 Å². The summed E-state index contributed by atoms with van der Waals surface area (Å²) in [5, 5.41) is 0. The van der Waals surface area contributed by atoms with Gasteiger partial charge in [0.05, 0.1) is 11.4 Å². The number of Topliss-reactive ketones (excluding diaryl/α,β-unsaturated/α-hetero) is 1. The van der Waals surface area contributed by atoms with Gasteiger partial charge in [-0.15, -0.1) is 0 Å². The van der Waals surface area contributed by atoms with Gasteiger partial charge < -0.3 is 0 Å². The van der Waals surface area contributed by atoms with E-state index in [0.717, 1.165) is 4.31 Å². The quantitative estimate of drug-likeness (QED) is 0.565. The SMILES string of the molecule is CC(=O)c1ccc(S(=O)(=O)N(C)CC(=O)NNC(=O)c2ccccc2)cc1. The van der Waals surface area contributed by atoms with E-state index in [9.17, 15) is 22.8 Å². The van der Waals surface area contributed by atoms with Crippen molar-refractivity contribution in [3.05, 3.63) is 65.7 Å². The Bertz CT molecular complexity index is 941. The van der Waals surface area contributed by atoms with E-state index < -0.39 is 28.4 Å². The number of amides is 2. The molecule has 2 aromatic carbocycles. The van der Waals surface area contributed by atoms with Crippen LogP contribution in [0.1, 0.15) is 27.6 Å². The summed E-state index contributed by atoms with van der Waals surface area (Å²) in [7, 11) is -2.68. The number of carbonyl (C=O) groups is 3. The third-order valence-corrected chi connectivity index (χ3v) is 5.50. The molecule has 2 aromatic rings. The fourth-order valence-corrected chi connectivity index (χ4v) is 3.28. The maximum atomic E-state index is 12.5. The van der Waals surface area contributed by atoms with Crippen LogP contribution in [0.4, 0.5) is 0 Å². The molecule has 0 bridgehead atoms. The van der Waals surface area contributed by atoms with E-state index in [-0.39, 0.29) is 10.7 Å². The van der Waals surface area contributed by atoms with Gasteiger partial charge in [0, 0.05) is 18.2 Å². The zero-order valence-electron chi connectivity index (χ0n) is 14.8. The Morgan fingerprint density at radius 3 is 2.04 bits per heavy atom. The zero-order chi connectivity index (χ0) is 20.0. The first-order valence-corrected chi connectivity index (χ1v) is 9.37. The molecule has 0 saturated carbocycles. The van der Waals surface area contributed by atoms with Crippen molar-refractivity contribution in [1.29, 1.82) is 0 Å². The smallest absolute Gasteiger partial charge is 0.269 e. The fraction of sp³-hybridized carbons (Fsp3) is 0.167. The number of hydrogen-bond acceptors (Lipinski definition) is 5. The topological polar surface area (TPSA) is 113 Å². The first-order chi connectivity index (χ1) is 12.7. The van der Waals surface area contributed by atoms with Crippen molar-refractivity contribution in [1.82, 2.24) is 15.2 Å². The predicted molar refractivity (Wildman–Crippen MR) is 98.3 cm³/mol. The van der Waals surface area contributed by atoms with E-state index in [4.69, 9.17) is 0 Å². The van der Waals surface area contributed by atoms with E-state index >= 15 is 0 Å². The van der Waals surface area contributed by atoms with Crippen molar-refractivity contribution in [2.45, 2.75) is 11.8 Å². The molecule has 0 aromatic heterocycles. The van der Waals surface area contributed by atoms with Crippen LogP contribution in [-0.2, 0) is 14.8 Å². The number of hydrogen-bond donors (Lipinski definition) is 2. The van der Waals surface area contributed by atoms with Gasteiger partial charge in [0.2, 0.25) is 10.0 Å². The lowest BCUT2D eigenvalue weighted by molar-refractivity contribution is -0.121. The van der Waals surface area contributed by atoms with Crippen molar-refractivity contribution in [3.63, 3.8) is 0 Å². The molecular weight excluding hydrogens is 370 g/mol. The van der Waals surface area contributed by atoms with Gasteiger partial charge in [-0.1, -0.05) is 30.3 Å². The largest absolute Gasteiger partial charge is 0.295 e. The van der Waals surface area contributed by atoms with Gasteiger partial charge in [-0.3, -0.25) is 25.2 Å². The number of sulfonamides is 1. The van der Waals surface area contributed by atoms with Gasteiger partial charge in [0.25, 0.3) is 11.8 Å². The molecule has 2 rings (SSSR count). The molecule has 0 atom stereocenters. The third-order valence-electron chi connectivity index (χ3n) is 3.69. The average Bonchev–Trinajstić information content (AvgIpc) is 2.66. The average molecular weight is 389 g/mol. The number of likely N-dealkylation sites (N-methyl/N-ethyl adjacent to an activating group) is 1. The molecule has 142 valence electrons. The molecule has 0 aliphatic rings. The number of ketones is 1. The molecule has 0 aliphatic carbocycles. The Labute approximate surface area is 157 Å². The lowest BCUT2D eigenvalue weighted by atomic mass is 10.2. The molecule has 9 heteroatoms. The molecule has 2 amide bonds. The van der Waals surface area contributed by atoms with Crippen molar-refractivity contribution in [3.8, 4) is 0 Å². The Morgan fingerprint density at radius 1 is 0.889 bits per heavy atom. The van der Waals surface area contributed by atoms with Crippen LogP contribution < -0.4 is 10.9 Å². The zero-order valence-corrected chi connectivity index (χ0v) is 15.6. The molecule has 0 spiro atoms. The summed E-state index contributed by atoms with van der Waals surface area (Å²) in [6.45, 7) is 0.884. The first kappa shape index (κ1) is 20.3. The molecule has 8 nitrogen and oxygen atoms in total. The van der Waals surface area contributed by atoms with Crippen molar-refractivity contribution >= 4 is 27.6 Å². The van der Waals surface area contributed by atoms with Gasteiger partial charge in [0.1, 0.15) is 0 Å². The van der Waals surface area contributed by atoms with Crippen LogP contribution in [0.3, 0.4) is 0 Å². The van der Waals surface area contributed by atoms with E-state index in [1.165, 1.54) is 38.2 Å². The molecule has 0 unspecified atom stereocenters. The van der Waals surface area contributed by atoms with Crippen LogP contribution >= 0.6 is 0 Å². The van der Waals surface area contributed by atoms with Crippen LogP contribution in [0.5, 0.6) is 0 Å². The highest BCUT2D eigenvalue weighted by molar-refractivity contribution is 7.89. The molecule has 0 fully saturated rings. The lowest BCUT2D eigenvalue weighted by Gasteiger charge is -2.17. The minimum absolute atomic E-state index is 0.0453. The number of carbonyl (C=O) groups excluding carboxylic acids is 3. The van der Waals surface area contributed by atoms with Gasteiger partial charge in [-0.05, 0) is 31.2 Å². The molecule has 2 N–H and O–H groups in total. The van der Waals surface area contributed by atoms with E-state index in [1.54, 1.807) is 30.3 Å². The summed E-state index contributed by atoms with van der Waals surface area (Å²) in [6, 6.07) is 13.7. The van der Waals surface area contributed by atoms with Crippen LogP contribution in [0.15, 0.2) is 59.5 Å². The second-order valence-electron chi connectivity index (χ2n) is 5.71. The Morgan fingerprint density at radius 2 is 1.48 bits per heavy atom. The number of benzene rings is 2. The fourth-order valence-electron chi connectivity index (χ4n) is 2.16. The third kappa shape index (κ3) is 5.22. The van der Waals surface area contributed by atoms with Crippen LogP contribution in [0, 0.1) is 0 Å². The van der Waals surface area contributed by atoms with Crippen molar-refractivity contribution < 1.29 is 22.8 Å². The number of hydrazine groups is 1. The van der Waals surface area contributed by atoms with E-state index in [1.807, 2.05) is 0 Å². The van der Waals surface area contributed by atoms with Crippen molar-refractivity contribution in [2.24, 2.45) is 0 Å². The van der Waals surface area contributed by atoms with E-state index in [0.29, 0.717) is 11.1 Å². The Kier molecular flexibility index (Phi) is 6.43. The summed E-state index contributed by atoms with van der Waals surface area (Å²) >= 11 is 0. The standard InChI is InChI=1S/C18H19N3O5S/c1-13(22)14-8-10-16(11-9-14)27(25,26)21(2)12-17(23)19-20-18(24)15-6-4-3-5-7-15/h3-11H,12H2,1-2H3,(H,19,23)(H,20,24). The summed E-state index contributed by atoms with van der Waals surface area (Å²) in [4.78, 5) is 35.0. The highest BCUT2D eigenvalue weighted by Gasteiger charge is 2.23. The summed E-state index contributed by atoms with van der Waals surface area (Å²) in [5.41, 5.74) is 5.13. The monoisotopic (exact) mass is 389 g/mol. The molecule has 27 heavy (non-hydrogen) atoms. The number of nitrogens with one attached hydrogen (secondary N) is 2. The van der Waals surface area contributed by atoms with Gasteiger partial charge >= 0.3 is 0 Å². The highest BCUT2D eigenvalue weighted by atomic mass is 32.2. The molecular formula is C18H19N3O5S. The second kappa shape index (κ2) is 8.56. The van der Waals surface area contributed by atoms with Gasteiger partial charge in [-0.2, -0.15) is 4.31 Å². The summed E-state index contributed by atoms with van der Waals surface area (Å²) in [5.74, 6) is -1.40. The normalized spacial score (nSPS) is 11.1. The second-order valence-corrected chi connectivity index (χ2v) is 7.75. The first-order valence-electron chi connectivity index (χ1n) is 7.93. The van der Waals surface area contributed by atoms with E-state index in [2.05, 4.69) is 10.9 Å². The minimum atomic E-state index is -3.92. The minimum Gasteiger partial charge on any atom is -0.295 e. The number of rotatable bonds is 6.